The van der Waals surface area contributed by atoms with E-state index in [2.05, 4.69) is 56.3 Å². The van der Waals surface area contributed by atoms with Gasteiger partial charge >= 0.3 is 0 Å². The fourth-order valence-corrected chi connectivity index (χ4v) is 3.94. The second kappa shape index (κ2) is 3.86. The highest BCUT2D eigenvalue weighted by Crippen LogP contribution is 2.48. The van der Waals surface area contributed by atoms with E-state index >= 15 is 0 Å². The van der Waals surface area contributed by atoms with Crippen LogP contribution >= 0.6 is 0 Å². The van der Waals surface area contributed by atoms with Crippen LogP contribution in [0, 0.1) is 5.92 Å². The molecular formula is C16H21NO. The fraction of sp³-hybridized carbons (Fsp3) is 0.500. The first-order valence-corrected chi connectivity index (χ1v) is 6.59. The molecule has 0 aliphatic heterocycles. The molecule has 2 aliphatic rings. The lowest BCUT2D eigenvalue weighted by atomic mass is 9.68. The van der Waals surface area contributed by atoms with E-state index in [0.717, 1.165) is 12.2 Å². The largest absolute Gasteiger partial charge is 0.497 e. The normalized spacial score (nSPS) is 32.7. The van der Waals surface area contributed by atoms with Crippen LogP contribution in [0.5, 0.6) is 5.75 Å². The van der Waals surface area contributed by atoms with Crippen molar-refractivity contribution in [3.63, 3.8) is 0 Å². The van der Waals surface area contributed by atoms with Gasteiger partial charge in [0.25, 0.3) is 0 Å². The first-order valence-electron chi connectivity index (χ1n) is 6.59. The monoisotopic (exact) mass is 243 g/mol. The Morgan fingerprint density at radius 2 is 2.11 bits per heavy atom. The van der Waals surface area contributed by atoms with Crippen LogP contribution in [0.2, 0.25) is 0 Å². The van der Waals surface area contributed by atoms with E-state index in [1.165, 1.54) is 11.1 Å². The van der Waals surface area contributed by atoms with Crippen molar-refractivity contribution in [2.75, 3.05) is 21.2 Å². The number of hydrogen-bond acceptors (Lipinski definition) is 2. The van der Waals surface area contributed by atoms with E-state index in [1.54, 1.807) is 7.11 Å². The summed E-state index contributed by atoms with van der Waals surface area (Å²) in [6, 6.07) is 7.10. The molecule has 1 aromatic carbocycles. The Balaban J connectivity index is 2.15. The van der Waals surface area contributed by atoms with Crippen molar-refractivity contribution in [2.45, 2.75) is 24.8 Å². The zero-order valence-corrected chi connectivity index (χ0v) is 11.6. The van der Waals surface area contributed by atoms with Gasteiger partial charge in [0.15, 0.2) is 0 Å². The van der Waals surface area contributed by atoms with Crippen LogP contribution in [0.1, 0.15) is 18.1 Å². The van der Waals surface area contributed by atoms with Gasteiger partial charge in [0.2, 0.25) is 0 Å². The summed E-state index contributed by atoms with van der Waals surface area (Å²) in [6.07, 6.45) is 5.94. The second-order valence-corrected chi connectivity index (χ2v) is 5.94. The van der Waals surface area contributed by atoms with Crippen LogP contribution in [0.4, 0.5) is 0 Å². The number of fused-ring (bicyclic) bond motifs is 4. The van der Waals surface area contributed by atoms with Crippen LogP contribution in [-0.4, -0.2) is 32.1 Å². The lowest BCUT2D eigenvalue weighted by Crippen LogP contribution is -2.49. The lowest BCUT2D eigenvalue weighted by Gasteiger charge is -2.44. The molecule has 0 fully saturated rings. The van der Waals surface area contributed by atoms with Gasteiger partial charge in [-0.15, -0.1) is 0 Å². The van der Waals surface area contributed by atoms with Crippen molar-refractivity contribution >= 4 is 0 Å². The molecule has 2 heteroatoms. The van der Waals surface area contributed by atoms with Gasteiger partial charge in [0.05, 0.1) is 7.11 Å². The number of methoxy groups -OCH3 is 1. The van der Waals surface area contributed by atoms with E-state index in [-0.39, 0.29) is 5.41 Å². The molecule has 18 heavy (non-hydrogen) atoms. The maximum atomic E-state index is 5.39. The minimum atomic E-state index is 0.121. The van der Waals surface area contributed by atoms with Gasteiger partial charge in [0.1, 0.15) is 5.75 Å². The molecule has 3 rings (SSSR count). The van der Waals surface area contributed by atoms with Crippen LogP contribution in [0.25, 0.3) is 0 Å². The molecule has 0 saturated heterocycles. The molecule has 1 aromatic rings. The number of hydrogen-bond donors (Lipinski definition) is 0. The molecule has 0 saturated carbocycles. The Morgan fingerprint density at radius 1 is 1.33 bits per heavy atom. The highest BCUT2D eigenvalue weighted by Gasteiger charge is 2.48. The Hall–Kier alpha value is -1.28. The molecule has 2 nitrogen and oxygen atoms in total. The number of ether oxygens (including phenoxy) is 1. The van der Waals surface area contributed by atoms with Crippen LogP contribution < -0.4 is 4.74 Å². The fourth-order valence-electron chi connectivity index (χ4n) is 3.94. The highest BCUT2D eigenvalue weighted by molar-refractivity contribution is 5.50. The van der Waals surface area contributed by atoms with Gasteiger partial charge < -0.3 is 9.64 Å². The average Bonchev–Trinajstić information content (AvgIpc) is 2.61. The third-order valence-electron chi connectivity index (χ3n) is 4.62. The van der Waals surface area contributed by atoms with Gasteiger partial charge in [-0.05, 0) is 49.7 Å². The van der Waals surface area contributed by atoms with Crippen molar-refractivity contribution < 1.29 is 4.74 Å². The molecule has 0 aromatic heterocycles. The Kier molecular flexibility index (Phi) is 2.53. The molecule has 2 bridgehead atoms. The van der Waals surface area contributed by atoms with Gasteiger partial charge in [-0.2, -0.15) is 0 Å². The smallest absolute Gasteiger partial charge is 0.119 e. The minimum Gasteiger partial charge on any atom is -0.497 e. The first-order chi connectivity index (χ1) is 8.56. The maximum absolute atomic E-state index is 5.39. The molecule has 96 valence electrons. The molecular weight excluding hydrogens is 222 g/mol. The van der Waals surface area contributed by atoms with E-state index in [4.69, 9.17) is 4.74 Å². The molecule has 0 radical (unpaired) electrons. The molecule has 0 amide bonds. The molecule has 0 spiro atoms. The van der Waals surface area contributed by atoms with Crippen molar-refractivity contribution in [3.8, 4) is 5.75 Å². The predicted octanol–water partition coefficient (Wildman–Crippen LogP) is 2.63. The Bertz CT molecular complexity index is 506. The van der Waals surface area contributed by atoms with Crippen molar-refractivity contribution in [1.82, 2.24) is 4.90 Å². The Morgan fingerprint density at radius 3 is 2.78 bits per heavy atom. The predicted molar refractivity (Wildman–Crippen MR) is 74.2 cm³/mol. The number of nitrogens with zero attached hydrogens (tertiary/aromatic N) is 1. The van der Waals surface area contributed by atoms with Crippen LogP contribution in [-0.2, 0) is 11.8 Å². The zero-order chi connectivity index (χ0) is 12.9. The zero-order valence-electron chi connectivity index (χ0n) is 11.6. The maximum Gasteiger partial charge on any atom is 0.119 e. The summed E-state index contributed by atoms with van der Waals surface area (Å²) in [5.41, 5.74) is 3.04. The van der Waals surface area contributed by atoms with E-state index in [9.17, 15) is 0 Å². The van der Waals surface area contributed by atoms with Gasteiger partial charge in [-0.25, -0.2) is 0 Å². The van der Waals surface area contributed by atoms with Crippen LogP contribution in [0.15, 0.2) is 30.4 Å². The first kappa shape index (κ1) is 11.8. The molecule has 2 aliphatic carbocycles. The van der Waals surface area contributed by atoms with Gasteiger partial charge in [0, 0.05) is 11.5 Å². The summed E-state index contributed by atoms with van der Waals surface area (Å²) in [4.78, 5) is 2.37. The van der Waals surface area contributed by atoms with Crippen molar-refractivity contribution in [3.05, 3.63) is 41.5 Å². The quantitative estimate of drug-likeness (QED) is 0.740. The standard InChI is InChI=1S/C16H21NO/c1-16-8-7-12(15(16)17(2)3)9-11-5-6-13(18-4)10-14(11)16/h5-8,10,12,15H,9H2,1-4H3/t12?,15-,16-/m0/s1. The van der Waals surface area contributed by atoms with E-state index in [1.807, 2.05) is 0 Å². The van der Waals surface area contributed by atoms with Gasteiger partial charge in [-0.1, -0.05) is 25.1 Å². The summed E-state index contributed by atoms with van der Waals surface area (Å²) >= 11 is 0. The second-order valence-electron chi connectivity index (χ2n) is 5.94. The number of benzene rings is 1. The molecule has 1 unspecified atom stereocenters. The summed E-state index contributed by atoms with van der Waals surface area (Å²) in [5, 5.41) is 0. The average molecular weight is 243 g/mol. The molecule has 0 N–H and O–H groups in total. The topological polar surface area (TPSA) is 12.5 Å². The summed E-state index contributed by atoms with van der Waals surface area (Å²) < 4.78 is 5.39. The van der Waals surface area contributed by atoms with Gasteiger partial charge in [-0.3, -0.25) is 0 Å². The number of likely N-dealkylation sites (N-methyl/N-ethyl adjacent to an activating group) is 1. The molecule has 3 atom stereocenters. The summed E-state index contributed by atoms with van der Waals surface area (Å²) in [7, 11) is 6.12. The minimum absolute atomic E-state index is 0.121. The van der Waals surface area contributed by atoms with Crippen molar-refractivity contribution in [2.24, 2.45) is 5.92 Å². The number of rotatable bonds is 2. The summed E-state index contributed by atoms with van der Waals surface area (Å²) in [5.74, 6) is 1.61. The highest BCUT2D eigenvalue weighted by atomic mass is 16.5. The summed E-state index contributed by atoms with van der Waals surface area (Å²) in [6.45, 7) is 2.35. The molecule has 0 heterocycles. The third kappa shape index (κ3) is 1.45. The lowest BCUT2D eigenvalue weighted by molar-refractivity contribution is 0.174. The van der Waals surface area contributed by atoms with Crippen LogP contribution in [0.3, 0.4) is 0 Å². The van der Waals surface area contributed by atoms with Crippen molar-refractivity contribution in [1.29, 1.82) is 0 Å². The Labute approximate surface area is 109 Å². The van der Waals surface area contributed by atoms with E-state index in [0.29, 0.717) is 12.0 Å². The third-order valence-corrected chi connectivity index (χ3v) is 4.62. The SMILES string of the molecule is COc1ccc2c(c1)[C@]1(C)C=CC(C2)[C@@H]1N(C)C. The van der Waals surface area contributed by atoms with E-state index < -0.39 is 0 Å².